The SMILES string of the molecule is CCc1cc2ccc(C(C)(C#N)Cc3nn(C)c4ccccc34)cc2[nH]c1=O. The van der Waals surface area contributed by atoms with Crippen LogP contribution in [0.1, 0.15) is 30.7 Å². The van der Waals surface area contributed by atoms with Crippen LogP contribution in [-0.2, 0) is 25.3 Å². The first-order valence-electron chi connectivity index (χ1n) is 9.43. The number of pyridine rings is 1. The molecular weight excluding hydrogens is 348 g/mol. The largest absolute Gasteiger partial charge is 0.322 e. The Morgan fingerprint density at radius 1 is 1.21 bits per heavy atom. The summed E-state index contributed by atoms with van der Waals surface area (Å²) in [5.74, 6) is 0. The molecule has 2 aromatic heterocycles. The van der Waals surface area contributed by atoms with Gasteiger partial charge in [-0.2, -0.15) is 10.4 Å². The fourth-order valence-electron chi connectivity index (χ4n) is 3.81. The quantitative estimate of drug-likeness (QED) is 0.590. The van der Waals surface area contributed by atoms with E-state index in [-0.39, 0.29) is 5.56 Å². The van der Waals surface area contributed by atoms with Gasteiger partial charge in [0.05, 0.1) is 22.7 Å². The normalized spacial score (nSPS) is 13.5. The van der Waals surface area contributed by atoms with Crippen LogP contribution in [0.25, 0.3) is 21.8 Å². The van der Waals surface area contributed by atoms with Gasteiger partial charge in [-0.15, -0.1) is 0 Å². The number of aromatic amines is 1. The Labute approximate surface area is 163 Å². The van der Waals surface area contributed by atoms with Crippen molar-refractivity contribution in [1.82, 2.24) is 14.8 Å². The third kappa shape index (κ3) is 2.87. The fraction of sp³-hybridized carbons (Fsp3) is 0.261. The van der Waals surface area contributed by atoms with Crippen molar-refractivity contribution in [3.8, 4) is 6.07 Å². The van der Waals surface area contributed by atoms with Gasteiger partial charge in [-0.05, 0) is 42.5 Å². The Morgan fingerprint density at radius 3 is 2.75 bits per heavy atom. The minimum absolute atomic E-state index is 0.0680. The van der Waals surface area contributed by atoms with Crippen LogP contribution in [0.2, 0.25) is 0 Å². The molecule has 0 spiro atoms. The number of rotatable bonds is 4. The van der Waals surface area contributed by atoms with Crippen LogP contribution in [0.3, 0.4) is 0 Å². The highest BCUT2D eigenvalue weighted by atomic mass is 16.1. The molecule has 0 fully saturated rings. The molecule has 2 aromatic carbocycles. The van der Waals surface area contributed by atoms with E-state index in [1.807, 2.05) is 74.1 Å². The Kier molecular flexibility index (Phi) is 4.27. The number of H-pyrrole nitrogens is 1. The predicted octanol–water partition coefficient (Wildman–Crippen LogP) is 4.00. The number of hydrogen-bond donors (Lipinski definition) is 1. The lowest BCUT2D eigenvalue weighted by Crippen LogP contribution is -2.23. The molecule has 0 aliphatic heterocycles. The Balaban J connectivity index is 1.80. The second kappa shape index (κ2) is 6.65. The molecule has 1 atom stereocenters. The van der Waals surface area contributed by atoms with Crippen LogP contribution >= 0.6 is 0 Å². The van der Waals surface area contributed by atoms with Gasteiger partial charge in [0, 0.05) is 29.9 Å². The molecule has 140 valence electrons. The fourth-order valence-corrected chi connectivity index (χ4v) is 3.81. The summed E-state index contributed by atoms with van der Waals surface area (Å²) in [4.78, 5) is 15.2. The Hall–Kier alpha value is -3.39. The molecule has 2 heterocycles. The highest BCUT2D eigenvalue weighted by Crippen LogP contribution is 2.31. The number of aryl methyl sites for hydroxylation is 2. The van der Waals surface area contributed by atoms with Crippen molar-refractivity contribution in [2.45, 2.75) is 32.1 Å². The molecule has 5 nitrogen and oxygen atoms in total. The van der Waals surface area contributed by atoms with Gasteiger partial charge in [-0.25, -0.2) is 0 Å². The number of nitriles is 1. The zero-order valence-corrected chi connectivity index (χ0v) is 16.3. The first-order chi connectivity index (χ1) is 13.4. The maximum absolute atomic E-state index is 12.2. The van der Waals surface area contributed by atoms with Crippen molar-refractivity contribution in [2.24, 2.45) is 7.05 Å². The Morgan fingerprint density at radius 2 is 2.00 bits per heavy atom. The van der Waals surface area contributed by atoms with E-state index >= 15 is 0 Å². The van der Waals surface area contributed by atoms with E-state index in [0.29, 0.717) is 12.8 Å². The van der Waals surface area contributed by atoms with Crippen LogP contribution in [0.5, 0.6) is 0 Å². The van der Waals surface area contributed by atoms with Crippen LogP contribution in [-0.4, -0.2) is 14.8 Å². The van der Waals surface area contributed by atoms with E-state index in [1.165, 1.54) is 0 Å². The molecule has 0 saturated carbocycles. The summed E-state index contributed by atoms with van der Waals surface area (Å²) >= 11 is 0. The Bertz CT molecular complexity index is 1290. The number of hydrogen-bond acceptors (Lipinski definition) is 3. The number of nitrogens with zero attached hydrogens (tertiary/aromatic N) is 3. The third-order valence-corrected chi connectivity index (χ3v) is 5.54. The minimum Gasteiger partial charge on any atom is -0.322 e. The first kappa shape index (κ1) is 18.0. The van der Waals surface area contributed by atoms with Gasteiger partial charge in [0.2, 0.25) is 0 Å². The maximum atomic E-state index is 12.2. The zero-order valence-electron chi connectivity index (χ0n) is 16.3. The van der Waals surface area contributed by atoms with Crippen molar-refractivity contribution < 1.29 is 0 Å². The number of benzene rings is 2. The molecule has 1 unspecified atom stereocenters. The molecule has 28 heavy (non-hydrogen) atoms. The van der Waals surface area contributed by atoms with E-state index in [4.69, 9.17) is 0 Å². The highest BCUT2D eigenvalue weighted by molar-refractivity contribution is 5.82. The lowest BCUT2D eigenvalue weighted by molar-refractivity contribution is 0.590. The average molecular weight is 370 g/mol. The molecule has 1 N–H and O–H groups in total. The van der Waals surface area contributed by atoms with E-state index < -0.39 is 5.41 Å². The number of fused-ring (bicyclic) bond motifs is 2. The van der Waals surface area contributed by atoms with Gasteiger partial charge >= 0.3 is 0 Å². The summed E-state index contributed by atoms with van der Waals surface area (Å²) < 4.78 is 1.85. The second-order valence-electron chi connectivity index (χ2n) is 7.49. The molecule has 4 rings (SSSR count). The molecule has 0 aliphatic carbocycles. The van der Waals surface area contributed by atoms with E-state index in [1.54, 1.807) is 0 Å². The molecule has 4 aromatic rings. The van der Waals surface area contributed by atoms with Crippen molar-refractivity contribution in [2.75, 3.05) is 0 Å². The highest BCUT2D eigenvalue weighted by Gasteiger charge is 2.29. The lowest BCUT2D eigenvalue weighted by Gasteiger charge is -2.22. The lowest BCUT2D eigenvalue weighted by atomic mass is 9.79. The van der Waals surface area contributed by atoms with Gasteiger partial charge in [-0.1, -0.05) is 37.3 Å². The summed E-state index contributed by atoms with van der Waals surface area (Å²) in [6.45, 7) is 3.89. The monoisotopic (exact) mass is 370 g/mol. The van der Waals surface area contributed by atoms with Gasteiger partial charge in [0.1, 0.15) is 0 Å². The number of nitrogens with one attached hydrogen (secondary N) is 1. The van der Waals surface area contributed by atoms with Crippen LogP contribution in [0.4, 0.5) is 0 Å². The van der Waals surface area contributed by atoms with Crippen LogP contribution in [0, 0.1) is 11.3 Å². The summed E-state index contributed by atoms with van der Waals surface area (Å²) in [7, 11) is 1.92. The van der Waals surface area contributed by atoms with Crippen molar-refractivity contribution in [3.05, 3.63) is 75.7 Å². The van der Waals surface area contributed by atoms with Crippen molar-refractivity contribution in [3.63, 3.8) is 0 Å². The zero-order chi connectivity index (χ0) is 19.9. The summed E-state index contributed by atoms with van der Waals surface area (Å²) in [5, 5.41) is 16.7. The van der Waals surface area contributed by atoms with Crippen molar-refractivity contribution >= 4 is 21.8 Å². The van der Waals surface area contributed by atoms with E-state index in [9.17, 15) is 10.1 Å². The van der Waals surface area contributed by atoms with E-state index in [2.05, 4.69) is 16.2 Å². The smallest absolute Gasteiger partial charge is 0.251 e. The third-order valence-electron chi connectivity index (χ3n) is 5.54. The van der Waals surface area contributed by atoms with Gasteiger partial charge in [0.15, 0.2) is 0 Å². The van der Waals surface area contributed by atoms with Gasteiger partial charge < -0.3 is 4.98 Å². The van der Waals surface area contributed by atoms with Crippen molar-refractivity contribution in [1.29, 1.82) is 5.26 Å². The summed E-state index contributed by atoms with van der Waals surface area (Å²) in [6.07, 6.45) is 1.18. The standard InChI is InChI=1S/C23H22N4O/c1-4-15-11-16-9-10-17(12-19(16)25-22(15)28)23(2,14-24)13-20-18-7-5-6-8-21(18)27(3)26-20/h5-12H,4,13H2,1-3H3,(H,25,28). The minimum atomic E-state index is -0.758. The van der Waals surface area contributed by atoms with Gasteiger partial charge in [-0.3, -0.25) is 9.48 Å². The molecule has 0 amide bonds. The molecule has 0 aliphatic rings. The van der Waals surface area contributed by atoms with Crippen LogP contribution in [0.15, 0.2) is 53.3 Å². The molecular formula is C23H22N4O. The van der Waals surface area contributed by atoms with Gasteiger partial charge in [0.25, 0.3) is 5.56 Å². The maximum Gasteiger partial charge on any atom is 0.251 e. The summed E-state index contributed by atoms with van der Waals surface area (Å²) in [6, 6.07) is 18.3. The van der Waals surface area contributed by atoms with E-state index in [0.717, 1.165) is 38.6 Å². The summed E-state index contributed by atoms with van der Waals surface area (Å²) in [5.41, 5.74) is 3.52. The first-order valence-corrected chi connectivity index (χ1v) is 9.43. The second-order valence-corrected chi connectivity index (χ2v) is 7.49. The number of aromatic nitrogens is 3. The molecule has 5 heteroatoms. The average Bonchev–Trinajstić information content (AvgIpc) is 3.02. The molecule has 0 bridgehead atoms. The topological polar surface area (TPSA) is 74.5 Å². The predicted molar refractivity (Wildman–Crippen MR) is 111 cm³/mol. The molecule has 0 radical (unpaired) electrons. The molecule has 0 saturated heterocycles. The number of para-hydroxylation sites is 1. The van der Waals surface area contributed by atoms with Crippen LogP contribution < -0.4 is 5.56 Å².